The third-order valence-electron chi connectivity index (χ3n) is 8.90. The summed E-state index contributed by atoms with van der Waals surface area (Å²) >= 11 is 0. The average molecular weight is 569 g/mol. The third-order valence-corrected chi connectivity index (χ3v) is 8.90. The van der Waals surface area contributed by atoms with E-state index in [1.807, 2.05) is 0 Å². The van der Waals surface area contributed by atoms with Crippen molar-refractivity contribution in [2.75, 3.05) is 59.5 Å². The standard InChI is InChI=1S/C25H44O14/c26-2-11-1-12-5-35-7-14-16(3-27)38-19(25(34)22(14)31)10-37-8-15-17(4-28)39-18(24(33)23(15)32)9-36-6-13(11)21(30)20(12)29/h11-34H,1-10H2. The lowest BCUT2D eigenvalue weighted by atomic mass is 9.71. The zero-order valence-electron chi connectivity index (χ0n) is 21.8. The Bertz CT molecular complexity index is 644. The number of aliphatic hydroxyl groups excluding tert-OH is 9. The van der Waals surface area contributed by atoms with Gasteiger partial charge in [0.25, 0.3) is 0 Å². The molecule has 14 heteroatoms. The van der Waals surface area contributed by atoms with E-state index >= 15 is 0 Å². The van der Waals surface area contributed by atoms with Crippen molar-refractivity contribution in [1.29, 1.82) is 0 Å². The summed E-state index contributed by atoms with van der Waals surface area (Å²) < 4.78 is 28.7. The molecule has 0 amide bonds. The van der Waals surface area contributed by atoms with Gasteiger partial charge in [0.1, 0.15) is 24.4 Å². The average Bonchev–Trinajstić information content (AvgIpc) is 2.93. The molecule has 1 saturated carbocycles. The predicted molar refractivity (Wildman–Crippen MR) is 129 cm³/mol. The van der Waals surface area contributed by atoms with Crippen LogP contribution in [0.15, 0.2) is 0 Å². The molecule has 9 aliphatic rings. The summed E-state index contributed by atoms with van der Waals surface area (Å²) in [6.07, 6.45) is -11.4. The summed E-state index contributed by atoms with van der Waals surface area (Å²) in [7, 11) is 0. The van der Waals surface area contributed by atoms with E-state index in [2.05, 4.69) is 0 Å². The number of aliphatic hydroxyl groups is 9. The van der Waals surface area contributed by atoms with Crippen molar-refractivity contribution in [3.63, 3.8) is 0 Å². The highest BCUT2D eigenvalue weighted by Gasteiger charge is 2.48. The van der Waals surface area contributed by atoms with Gasteiger partial charge >= 0.3 is 0 Å². The fourth-order valence-electron chi connectivity index (χ4n) is 6.36. The van der Waals surface area contributed by atoms with E-state index in [-0.39, 0.29) is 46.2 Å². The van der Waals surface area contributed by atoms with Gasteiger partial charge in [-0.05, 0) is 12.3 Å². The summed E-state index contributed by atoms with van der Waals surface area (Å²) in [5, 5.41) is 94.3. The Kier molecular flexibility index (Phi) is 11.3. The van der Waals surface area contributed by atoms with Gasteiger partial charge in [-0.25, -0.2) is 0 Å². The topological polar surface area (TPSA) is 228 Å². The molecule has 9 rings (SSSR count). The first-order valence-electron chi connectivity index (χ1n) is 13.7. The molecule has 9 fully saturated rings. The van der Waals surface area contributed by atoms with Crippen molar-refractivity contribution in [2.24, 2.45) is 29.6 Å². The van der Waals surface area contributed by atoms with Crippen LogP contribution in [0.5, 0.6) is 0 Å². The monoisotopic (exact) mass is 568 g/mol. The predicted octanol–water partition coefficient (Wildman–Crippen LogP) is -4.79. The SMILES string of the molecule is OCC1CC2COCC3C(CO)OC(COCC4C(CO)OC(COCC1C(O)C2O)C(O)C4O)C(O)C3O. The lowest BCUT2D eigenvalue weighted by Gasteiger charge is -2.43. The van der Waals surface area contributed by atoms with E-state index in [1.165, 1.54) is 0 Å². The van der Waals surface area contributed by atoms with Crippen molar-refractivity contribution in [3.05, 3.63) is 0 Å². The fourth-order valence-corrected chi connectivity index (χ4v) is 6.36. The second-order valence-corrected chi connectivity index (χ2v) is 11.3. The highest BCUT2D eigenvalue weighted by atomic mass is 16.6. The molecule has 14 nitrogen and oxygen atoms in total. The number of hydrogen-bond acceptors (Lipinski definition) is 14. The maximum absolute atomic E-state index is 10.8. The van der Waals surface area contributed by atoms with Crippen LogP contribution >= 0.6 is 0 Å². The molecule has 228 valence electrons. The molecule has 15 atom stereocenters. The molecule has 6 bridgehead atoms. The van der Waals surface area contributed by atoms with E-state index in [0.717, 1.165) is 0 Å². The number of hydrogen-bond donors (Lipinski definition) is 9. The summed E-state index contributed by atoms with van der Waals surface area (Å²) in [5.41, 5.74) is 0. The quantitative estimate of drug-likeness (QED) is 0.156. The second-order valence-electron chi connectivity index (χ2n) is 11.3. The zero-order valence-corrected chi connectivity index (χ0v) is 21.8. The number of rotatable bonds is 3. The van der Waals surface area contributed by atoms with Crippen LogP contribution in [-0.2, 0) is 23.7 Å². The summed E-state index contributed by atoms with van der Waals surface area (Å²) in [4.78, 5) is 0. The van der Waals surface area contributed by atoms with Gasteiger partial charge in [-0.15, -0.1) is 0 Å². The normalized spacial score (nSPS) is 50.5. The first kappa shape index (κ1) is 31.4. The molecular weight excluding hydrogens is 524 g/mol. The Morgan fingerprint density at radius 2 is 0.897 bits per heavy atom. The first-order valence-corrected chi connectivity index (χ1v) is 13.7. The maximum atomic E-state index is 10.8. The van der Waals surface area contributed by atoms with Crippen molar-refractivity contribution in [2.45, 2.75) is 67.5 Å². The minimum Gasteiger partial charge on any atom is -0.396 e. The van der Waals surface area contributed by atoms with Gasteiger partial charge in [0.05, 0.1) is 89.5 Å². The molecular formula is C25H44O14. The molecule has 0 radical (unpaired) electrons. The van der Waals surface area contributed by atoms with Crippen molar-refractivity contribution in [1.82, 2.24) is 0 Å². The maximum Gasteiger partial charge on any atom is 0.110 e. The van der Waals surface area contributed by atoms with Crippen LogP contribution in [0.3, 0.4) is 0 Å². The summed E-state index contributed by atoms with van der Waals surface area (Å²) in [6, 6.07) is 0. The Balaban J connectivity index is 1.55. The number of ether oxygens (including phenoxy) is 5. The van der Waals surface area contributed by atoms with E-state index in [1.54, 1.807) is 0 Å². The van der Waals surface area contributed by atoms with Gasteiger partial charge in [-0.2, -0.15) is 0 Å². The lowest BCUT2D eigenvalue weighted by molar-refractivity contribution is -0.243. The van der Waals surface area contributed by atoms with E-state index in [9.17, 15) is 46.0 Å². The molecule has 8 saturated heterocycles. The van der Waals surface area contributed by atoms with Crippen LogP contribution in [0.1, 0.15) is 6.42 Å². The lowest BCUT2D eigenvalue weighted by Crippen LogP contribution is -2.59. The summed E-state index contributed by atoms with van der Waals surface area (Å²) in [6.45, 7) is -1.93. The van der Waals surface area contributed by atoms with Crippen LogP contribution in [-0.4, -0.2) is 166 Å². The van der Waals surface area contributed by atoms with Gasteiger partial charge in [-0.3, -0.25) is 0 Å². The van der Waals surface area contributed by atoms with Crippen molar-refractivity contribution < 1.29 is 69.6 Å². The van der Waals surface area contributed by atoms with Gasteiger partial charge in [-0.1, -0.05) is 0 Å². The minimum absolute atomic E-state index is 0.00373. The van der Waals surface area contributed by atoms with E-state index in [0.29, 0.717) is 6.42 Å². The molecule has 0 aromatic rings. The molecule has 15 unspecified atom stereocenters. The van der Waals surface area contributed by atoms with Gasteiger partial charge in [0, 0.05) is 30.3 Å². The minimum atomic E-state index is -1.38. The Hall–Kier alpha value is -0.560. The summed E-state index contributed by atoms with van der Waals surface area (Å²) in [5.74, 6) is -3.23. The van der Waals surface area contributed by atoms with Crippen LogP contribution < -0.4 is 0 Å². The molecule has 0 spiro atoms. The van der Waals surface area contributed by atoms with Gasteiger partial charge in [0.2, 0.25) is 0 Å². The van der Waals surface area contributed by atoms with Gasteiger partial charge in [0.15, 0.2) is 0 Å². The van der Waals surface area contributed by atoms with Crippen LogP contribution in [0.25, 0.3) is 0 Å². The highest BCUT2D eigenvalue weighted by Crippen LogP contribution is 2.36. The molecule has 0 aromatic carbocycles. The Morgan fingerprint density at radius 3 is 1.36 bits per heavy atom. The van der Waals surface area contributed by atoms with Crippen molar-refractivity contribution in [3.8, 4) is 0 Å². The highest BCUT2D eigenvalue weighted by molar-refractivity contribution is 4.96. The molecule has 0 aromatic heterocycles. The van der Waals surface area contributed by atoms with Crippen LogP contribution in [0, 0.1) is 29.6 Å². The first-order chi connectivity index (χ1) is 18.7. The molecule has 9 N–H and O–H groups in total. The Morgan fingerprint density at radius 1 is 0.462 bits per heavy atom. The fraction of sp³-hybridized carbons (Fsp3) is 1.00. The molecule has 1 aliphatic carbocycles. The van der Waals surface area contributed by atoms with Crippen molar-refractivity contribution >= 4 is 0 Å². The molecule has 8 heterocycles. The Labute approximate surface area is 226 Å². The smallest absolute Gasteiger partial charge is 0.110 e. The molecule has 8 aliphatic heterocycles. The largest absolute Gasteiger partial charge is 0.396 e. The second kappa shape index (κ2) is 14.1. The van der Waals surface area contributed by atoms with Crippen LogP contribution in [0.2, 0.25) is 0 Å². The molecule has 39 heavy (non-hydrogen) atoms. The van der Waals surface area contributed by atoms with Gasteiger partial charge < -0.3 is 69.6 Å². The van der Waals surface area contributed by atoms with Crippen LogP contribution in [0.4, 0.5) is 0 Å². The van der Waals surface area contributed by atoms with E-state index in [4.69, 9.17) is 23.7 Å². The van der Waals surface area contributed by atoms with E-state index < -0.39 is 104 Å². The zero-order chi connectivity index (χ0) is 28.3. The third kappa shape index (κ3) is 6.75.